The summed E-state index contributed by atoms with van der Waals surface area (Å²) in [6.07, 6.45) is 0.940. The van der Waals surface area contributed by atoms with E-state index >= 15 is 0 Å². The molecule has 1 atom stereocenters. The Kier molecular flexibility index (Phi) is 7.24. The lowest BCUT2D eigenvalue weighted by atomic mass is 10.2. The molecule has 4 aromatic rings. The van der Waals surface area contributed by atoms with Crippen LogP contribution in [0, 0.1) is 0 Å². The van der Waals surface area contributed by atoms with Gasteiger partial charge in [-0.1, -0.05) is 77.9 Å². The van der Waals surface area contributed by atoms with Crippen molar-refractivity contribution in [3.63, 3.8) is 0 Å². The molecule has 0 saturated heterocycles. The van der Waals surface area contributed by atoms with Gasteiger partial charge < -0.3 is 9.09 Å². The van der Waals surface area contributed by atoms with E-state index < -0.39 is 0 Å². The van der Waals surface area contributed by atoms with Crippen LogP contribution < -0.4 is 0 Å². The third-order valence-corrected chi connectivity index (χ3v) is 6.43. The Morgan fingerprint density at radius 2 is 1.81 bits per heavy atom. The maximum absolute atomic E-state index is 6.26. The summed E-state index contributed by atoms with van der Waals surface area (Å²) >= 11 is 7.79. The van der Waals surface area contributed by atoms with Gasteiger partial charge in [0.15, 0.2) is 11.0 Å². The second-order valence-electron chi connectivity index (χ2n) is 7.58. The highest BCUT2D eigenvalue weighted by atomic mass is 35.5. The summed E-state index contributed by atoms with van der Waals surface area (Å²) in [7, 11) is 4.13. The van der Waals surface area contributed by atoms with Crippen LogP contribution in [0.5, 0.6) is 0 Å². The number of rotatable bonds is 9. The summed E-state index contributed by atoms with van der Waals surface area (Å²) in [4.78, 5) is 6.68. The van der Waals surface area contributed by atoms with Crippen molar-refractivity contribution in [2.24, 2.45) is 0 Å². The summed E-state index contributed by atoms with van der Waals surface area (Å²) in [5.74, 6) is 2.44. The molecule has 0 amide bonds. The molecule has 0 N–H and O–H groups in total. The van der Waals surface area contributed by atoms with E-state index in [2.05, 4.69) is 63.0 Å². The van der Waals surface area contributed by atoms with Crippen molar-refractivity contribution in [1.29, 1.82) is 0 Å². The summed E-state index contributed by atoms with van der Waals surface area (Å²) in [6, 6.07) is 18.0. The highest BCUT2D eigenvalue weighted by Gasteiger charge is 2.23. The van der Waals surface area contributed by atoms with Crippen LogP contribution in [-0.4, -0.2) is 43.9 Å². The lowest BCUT2D eigenvalue weighted by Gasteiger charge is -2.23. The second kappa shape index (κ2) is 10.3. The van der Waals surface area contributed by atoms with Crippen molar-refractivity contribution in [2.45, 2.75) is 36.8 Å². The van der Waals surface area contributed by atoms with Crippen LogP contribution in [-0.2, 0) is 12.3 Å². The molecule has 9 heteroatoms. The van der Waals surface area contributed by atoms with Gasteiger partial charge in [0.1, 0.15) is 0 Å². The van der Waals surface area contributed by atoms with Crippen molar-refractivity contribution in [3.8, 4) is 11.4 Å². The molecule has 4 rings (SSSR count). The van der Waals surface area contributed by atoms with E-state index in [0.717, 1.165) is 23.0 Å². The van der Waals surface area contributed by atoms with Gasteiger partial charge in [0.05, 0.1) is 23.4 Å². The molecule has 1 unspecified atom stereocenters. The molecule has 2 aromatic carbocycles. The number of aromatic nitrogens is 5. The average molecular weight is 469 g/mol. The van der Waals surface area contributed by atoms with E-state index in [0.29, 0.717) is 29.0 Å². The van der Waals surface area contributed by atoms with Crippen molar-refractivity contribution in [1.82, 2.24) is 29.8 Å². The lowest BCUT2D eigenvalue weighted by molar-refractivity contribution is 0.272. The monoisotopic (exact) mass is 468 g/mol. The summed E-state index contributed by atoms with van der Waals surface area (Å²) < 4.78 is 7.64. The van der Waals surface area contributed by atoms with Gasteiger partial charge in [-0.15, -0.1) is 10.2 Å². The first-order chi connectivity index (χ1) is 15.6. The van der Waals surface area contributed by atoms with Crippen LogP contribution >= 0.6 is 23.4 Å². The quantitative estimate of drug-likeness (QED) is 0.307. The Bertz CT molecular complexity index is 1160. The number of hydrogen-bond acceptors (Lipinski definition) is 7. The van der Waals surface area contributed by atoms with Crippen LogP contribution in [0.3, 0.4) is 0 Å². The van der Waals surface area contributed by atoms with Gasteiger partial charge in [-0.25, -0.2) is 0 Å². The van der Waals surface area contributed by atoms with Crippen molar-refractivity contribution in [3.05, 3.63) is 76.9 Å². The van der Waals surface area contributed by atoms with Crippen LogP contribution in [0.25, 0.3) is 11.4 Å². The first-order valence-corrected chi connectivity index (χ1v) is 11.8. The topological polar surface area (TPSA) is 72.9 Å². The standard InChI is InChI=1S/C23H25ClN6OS/c1-4-19(29(2)3)22-26-27-23(30(22)14-16-10-6-5-7-11-16)32-15-20-25-21(28-31-20)17-12-8-9-13-18(17)24/h5-13,19H,4,14-15H2,1-3H3. The molecule has 0 spiro atoms. The predicted octanol–water partition coefficient (Wildman–Crippen LogP) is 5.33. The molecule has 0 radical (unpaired) electrons. The van der Waals surface area contributed by atoms with Gasteiger partial charge in [0, 0.05) is 5.56 Å². The zero-order chi connectivity index (χ0) is 22.5. The maximum atomic E-state index is 6.26. The summed E-state index contributed by atoms with van der Waals surface area (Å²) in [6.45, 7) is 2.86. The van der Waals surface area contributed by atoms with E-state index in [9.17, 15) is 0 Å². The smallest absolute Gasteiger partial charge is 0.237 e. The number of benzene rings is 2. The molecule has 166 valence electrons. The Balaban J connectivity index is 1.57. The fourth-order valence-electron chi connectivity index (χ4n) is 3.54. The maximum Gasteiger partial charge on any atom is 0.237 e. The highest BCUT2D eigenvalue weighted by molar-refractivity contribution is 7.98. The Hall–Kier alpha value is -2.68. The fourth-order valence-corrected chi connectivity index (χ4v) is 4.54. The average Bonchev–Trinajstić information content (AvgIpc) is 3.41. The van der Waals surface area contributed by atoms with Crippen LogP contribution in [0.1, 0.15) is 36.7 Å². The predicted molar refractivity (Wildman–Crippen MR) is 127 cm³/mol. The van der Waals surface area contributed by atoms with E-state index in [1.165, 1.54) is 17.3 Å². The fraction of sp³-hybridized carbons (Fsp3) is 0.304. The molecule has 32 heavy (non-hydrogen) atoms. The van der Waals surface area contributed by atoms with Crippen molar-refractivity contribution >= 4 is 23.4 Å². The molecule has 0 aliphatic rings. The van der Waals surface area contributed by atoms with Crippen LogP contribution in [0.4, 0.5) is 0 Å². The molecular formula is C23H25ClN6OS. The minimum Gasteiger partial charge on any atom is -0.338 e. The molecular weight excluding hydrogens is 444 g/mol. The molecule has 0 saturated carbocycles. The highest BCUT2D eigenvalue weighted by Crippen LogP contribution is 2.29. The van der Waals surface area contributed by atoms with Gasteiger partial charge >= 0.3 is 0 Å². The SMILES string of the molecule is CCC(c1nnc(SCc2nc(-c3ccccc3Cl)no2)n1Cc1ccccc1)N(C)C. The Morgan fingerprint density at radius 1 is 1.06 bits per heavy atom. The molecule has 0 aliphatic heterocycles. The van der Waals surface area contributed by atoms with Gasteiger partial charge in [-0.05, 0) is 38.2 Å². The zero-order valence-corrected chi connectivity index (χ0v) is 19.8. The number of thioether (sulfide) groups is 1. The van der Waals surface area contributed by atoms with E-state index in [1.54, 1.807) is 0 Å². The number of hydrogen-bond donors (Lipinski definition) is 0. The van der Waals surface area contributed by atoms with Gasteiger partial charge in [0.25, 0.3) is 0 Å². The minimum atomic E-state index is 0.177. The molecule has 0 aliphatic carbocycles. The first-order valence-electron chi connectivity index (χ1n) is 10.4. The minimum absolute atomic E-state index is 0.177. The number of halogens is 1. The molecule has 7 nitrogen and oxygen atoms in total. The Labute approximate surface area is 196 Å². The van der Waals surface area contributed by atoms with Crippen molar-refractivity contribution in [2.75, 3.05) is 14.1 Å². The van der Waals surface area contributed by atoms with Crippen LogP contribution in [0.2, 0.25) is 5.02 Å². The zero-order valence-electron chi connectivity index (χ0n) is 18.3. The molecule has 0 fully saturated rings. The number of nitrogens with zero attached hydrogens (tertiary/aromatic N) is 6. The van der Waals surface area contributed by atoms with Gasteiger partial charge in [0.2, 0.25) is 11.7 Å². The third-order valence-electron chi connectivity index (χ3n) is 5.14. The molecule has 2 heterocycles. The summed E-state index contributed by atoms with van der Waals surface area (Å²) in [5, 5.41) is 14.5. The Morgan fingerprint density at radius 3 is 2.53 bits per heavy atom. The second-order valence-corrected chi connectivity index (χ2v) is 8.93. The summed E-state index contributed by atoms with van der Waals surface area (Å²) in [5.41, 5.74) is 1.95. The van der Waals surface area contributed by atoms with E-state index in [-0.39, 0.29) is 6.04 Å². The normalized spacial score (nSPS) is 12.4. The largest absolute Gasteiger partial charge is 0.338 e. The van der Waals surface area contributed by atoms with Gasteiger partial charge in [-0.3, -0.25) is 4.90 Å². The van der Waals surface area contributed by atoms with E-state index in [4.69, 9.17) is 16.1 Å². The van der Waals surface area contributed by atoms with Gasteiger partial charge in [-0.2, -0.15) is 4.98 Å². The first kappa shape index (κ1) is 22.5. The molecule has 0 bridgehead atoms. The van der Waals surface area contributed by atoms with Crippen LogP contribution in [0.15, 0.2) is 64.3 Å². The third kappa shape index (κ3) is 5.03. The molecule has 2 aromatic heterocycles. The van der Waals surface area contributed by atoms with E-state index in [1.807, 2.05) is 42.5 Å². The van der Waals surface area contributed by atoms with Crippen molar-refractivity contribution < 1.29 is 4.52 Å². The lowest BCUT2D eigenvalue weighted by Crippen LogP contribution is -2.23.